The van der Waals surface area contributed by atoms with Gasteiger partial charge >= 0.3 is 0 Å². The first kappa shape index (κ1) is 12.7. The third-order valence-electron chi connectivity index (χ3n) is 2.73. The van der Waals surface area contributed by atoms with Crippen molar-refractivity contribution in [2.24, 2.45) is 0 Å². The number of ether oxygens (including phenoxy) is 1. The molecule has 0 aliphatic carbocycles. The highest BCUT2D eigenvalue weighted by Gasteiger charge is 2.19. The predicted octanol–water partition coefficient (Wildman–Crippen LogP) is -1.22. The number of methoxy groups -OCH3 is 1. The summed E-state index contributed by atoms with van der Waals surface area (Å²) in [4.78, 5) is 12.0. The van der Waals surface area contributed by atoms with Crippen LogP contribution in [0.1, 0.15) is 0 Å². The third kappa shape index (κ3) is 2.26. The van der Waals surface area contributed by atoms with Crippen molar-refractivity contribution in [2.45, 2.75) is 18.8 Å². The normalized spacial score (nSPS) is 14.8. The van der Waals surface area contributed by atoms with Gasteiger partial charge in [0.25, 0.3) is 0 Å². The molecule has 8 nitrogen and oxygen atoms in total. The molecule has 0 spiro atoms. The molecule has 0 saturated heterocycles. The molecular weight excluding hydrogens is 238 g/mol. The lowest BCUT2D eigenvalue weighted by Crippen LogP contribution is -2.34. The van der Waals surface area contributed by atoms with Crippen LogP contribution < -0.4 is 5.73 Å². The van der Waals surface area contributed by atoms with Gasteiger partial charge in [-0.3, -0.25) is 0 Å². The summed E-state index contributed by atoms with van der Waals surface area (Å²) in [6.45, 7) is -0.0621. The summed E-state index contributed by atoms with van der Waals surface area (Å²) in [6, 6.07) is 0. The van der Waals surface area contributed by atoms with E-state index in [2.05, 4.69) is 15.0 Å². The van der Waals surface area contributed by atoms with E-state index in [1.165, 1.54) is 19.8 Å². The Bertz CT molecular complexity index is 525. The van der Waals surface area contributed by atoms with Crippen molar-refractivity contribution in [3.8, 4) is 0 Å². The van der Waals surface area contributed by atoms with Crippen LogP contribution >= 0.6 is 0 Å². The minimum absolute atomic E-state index is 0.200. The van der Waals surface area contributed by atoms with Crippen LogP contribution in [0.5, 0.6) is 0 Å². The highest BCUT2D eigenvalue weighted by Crippen LogP contribution is 2.15. The van der Waals surface area contributed by atoms with E-state index in [4.69, 9.17) is 15.6 Å². The van der Waals surface area contributed by atoms with Gasteiger partial charge in [-0.2, -0.15) is 0 Å². The van der Waals surface area contributed by atoms with Gasteiger partial charge < -0.3 is 25.3 Å². The van der Waals surface area contributed by atoms with Crippen LogP contribution in [0.25, 0.3) is 11.2 Å². The molecule has 0 saturated carbocycles. The molecule has 4 N–H and O–H groups in total. The maximum absolute atomic E-state index is 9.90. The molecule has 0 aliphatic rings. The first-order valence-electron chi connectivity index (χ1n) is 5.40. The number of fused-ring (bicyclic) bond motifs is 1. The number of anilines is 1. The summed E-state index contributed by atoms with van der Waals surface area (Å²) < 4.78 is 6.59. The largest absolute Gasteiger partial charge is 0.394 e. The molecule has 2 aromatic heterocycles. The van der Waals surface area contributed by atoms with Gasteiger partial charge in [0.15, 0.2) is 11.5 Å². The Kier molecular flexibility index (Phi) is 3.70. The lowest BCUT2D eigenvalue weighted by Gasteiger charge is -2.19. The van der Waals surface area contributed by atoms with Gasteiger partial charge in [-0.25, -0.2) is 15.0 Å². The molecule has 0 aromatic carbocycles. The lowest BCUT2D eigenvalue weighted by molar-refractivity contribution is -0.0467. The molecule has 2 aromatic rings. The second-order valence-electron chi connectivity index (χ2n) is 3.85. The number of hydrogen-bond donors (Lipinski definition) is 3. The third-order valence-corrected chi connectivity index (χ3v) is 2.73. The minimum Gasteiger partial charge on any atom is -0.394 e. The standard InChI is InChI=1S/C10H15N5O3/c1-18-7(3-16)6(17)2-15-5-14-8-9(11)12-4-13-10(8)15/h4-7,16-17H,2-3H2,1H3,(H2,11,12,13)/t6-,7+/m0/s1. The van der Waals surface area contributed by atoms with Crippen LogP contribution in [0.15, 0.2) is 12.7 Å². The van der Waals surface area contributed by atoms with Gasteiger partial charge in [-0.15, -0.1) is 0 Å². The number of aromatic nitrogens is 4. The Morgan fingerprint density at radius 2 is 2.22 bits per heavy atom. The zero-order valence-electron chi connectivity index (χ0n) is 9.89. The summed E-state index contributed by atoms with van der Waals surface area (Å²) in [5.41, 5.74) is 6.68. The second kappa shape index (κ2) is 5.25. The van der Waals surface area contributed by atoms with E-state index in [0.717, 1.165) is 0 Å². The Morgan fingerprint density at radius 3 is 2.89 bits per heavy atom. The van der Waals surface area contributed by atoms with E-state index in [-0.39, 0.29) is 13.2 Å². The van der Waals surface area contributed by atoms with Crippen LogP contribution in [-0.2, 0) is 11.3 Å². The highest BCUT2D eigenvalue weighted by molar-refractivity contribution is 5.81. The van der Waals surface area contributed by atoms with Crippen molar-refractivity contribution in [3.63, 3.8) is 0 Å². The fourth-order valence-electron chi connectivity index (χ4n) is 1.70. The van der Waals surface area contributed by atoms with Gasteiger partial charge in [0, 0.05) is 7.11 Å². The number of nitrogens with two attached hydrogens (primary N) is 1. The van der Waals surface area contributed by atoms with Gasteiger partial charge in [-0.1, -0.05) is 0 Å². The highest BCUT2D eigenvalue weighted by atomic mass is 16.5. The van der Waals surface area contributed by atoms with Crippen molar-refractivity contribution in [3.05, 3.63) is 12.7 Å². The maximum Gasteiger partial charge on any atom is 0.165 e. The molecule has 8 heteroatoms. The zero-order chi connectivity index (χ0) is 13.1. The molecule has 2 rings (SSSR count). The molecular formula is C10H15N5O3. The van der Waals surface area contributed by atoms with Crippen LogP contribution in [0, 0.1) is 0 Å². The van der Waals surface area contributed by atoms with Crippen molar-refractivity contribution in [1.29, 1.82) is 0 Å². The van der Waals surface area contributed by atoms with Gasteiger partial charge in [0.1, 0.15) is 24.1 Å². The molecule has 0 amide bonds. The first-order chi connectivity index (χ1) is 8.67. The summed E-state index contributed by atoms with van der Waals surface area (Å²) >= 11 is 0. The molecule has 0 fully saturated rings. The van der Waals surface area contributed by atoms with Crippen molar-refractivity contribution in [1.82, 2.24) is 19.5 Å². The summed E-state index contributed by atoms with van der Waals surface area (Å²) in [6.07, 6.45) is 1.33. The van der Waals surface area contributed by atoms with E-state index in [1.54, 1.807) is 4.57 Å². The van der Waals surface area contributed by atoms with E-state index in [1.807, 2.05) is 0 Å². The molecule has 18 heavy (non-hydrogen) atoms. The van der Waals surface area contributed by atoms with Gasteiger partial charge in [0.05, 0.1) is 19.5 Å². The number of imidazole rings is 1. The molecule has 0 radical (unpaired) electrons. The average Bonchev–Trinajstić information content (AvgIpc) is 2.76. The first-order valence-corrected chi connectivity index (χ1v) is 5.40. The van der Waals surface area contributed by atoms with Gasteiger partial charge in [0.2, 0.25) is 0 Å². The quantitative estimate of drug-likeness (QED) is 0.610. The molecule has 98 valence electrons. The molecule has 2 heterocycles. The Hall–Kier alpha value is -1.77. The monoisotopic (exact) mass is 253 g/mol. The average molecular weight is 253 g/mol. The van der Waals surface area contributed by atoms with Crippen molar-refractivity contribution in [2.75, 3.05) is 19.5 Å². The summed E-state index contributed by atoms with van der Waals surface area (Å²) in [5.74, 6) is 0.290. The maximum atomic E-state index is 9.90. The number of nitrogen functional groups attached to an aromatic ring is 1. The number of nitrogens with zero attached hydrogens (tertiary/aromatic N) is 4. The van der Waals surface area contributed by atoms with Crippen LogP contribution in [0.2, 0.25) is 0 Å². The molecule has 2 atom stereocenters. The predicted molar refractivity (Wildman–Crippen MR) is 63.6 cm³/mol. The molecule has 0 aliphatic heterocycles. The van der Waals surface area contributed by atoms with E-state index < -0.39 is 12.2 Å². The van der Waals surface area contributed by atoms with Gasteiger partial charge in [-0.05, 0) is 0 Å². The SMILES string of the molecule is CO[C@H](CO)[C@@H](O)Cn1cnc2c(N)ncnc21. The van der Waals surface area contributed by atoms with Crippen molar-refractivity contribution >= 4 is 17.0 Å². The number of hydrogen-bond acceptors (Lipinski definition) is 7. The van der Waals surface area contributed by atoms with E-state index in [9.17, 15) is 5.11 Å². The minimum atomic E-state index is -0.867. The Labute approximate surface area is 103 Å². The number of aliphatic hydroxyl groups is 2. The van der Waals surface area contributed by atoms with Crippen LogP contribution in [0.4, 0.5) is 5.82 Å². The summed E-state index contributed by atoms with van der Waals surface area (Å²) in [5, 5.41) is 18.9. The second-order valence-corrected chi connectivity index (χ2v) is 3.85. The fraction of sp³-hybridized carbons (Fsp3) is 0.500. The zero-order valence-corrected chi connectivity index (χ0v) is 9.89. The number of aliphatic hydroxyl groups excluding tert-OH is 2. The number of rotatable bonds is 5. The topological polar surface area (TPSA) is 119 Å². The Morgan fingerprint density at radius 1 is 1.44 bits per heavy atom. The van der Waals surface area contributed by atoms with Crippen LogP contribution in [-0.4, -0.2) is 55.7 Å². The Balaban J connectivity index is 2.24. The lowest BCUT2D eigenvalue weighted by atomic mass is 10.2. The van der Waals surface area contributed by atoms with Crippen LogP contribution in [0.3, 0.4) is 0 Å². The van der Waals surface area contributed by atoms with Crippen molar-refractivity contribution < 1.29 is 14.9 Å². The summed E-state index contributed by atoms with van der Waals surface area (Å²) in [7, 11) is 1.43. The van der Waals surface area contributed by atoms with E-state index >= 15 is 0 Å². The molecule has 0 bridgehead atoms. The fourth-order valence-corrected chi connectivity index (χ4v) is 1.70. The smallest absolute Gasteiger partial charge is 0.165 e. The van der Waals surface area contributed by atoms with E-state index in [0.29, 0.717) is 17.0 Å². The molecule has 0 unspecified atom stereocenters.